The molecule has 0 saturated carbocycles. The van der Waals surface area contributed by atoms with Crippen molar-refractivity contribution in [3.63, 3.8) is 0 Å². The van der Waals surface area contributed by atoms with Gasteiger partial charge in [-0.05, 0) is 35.4 Å². The van der Waals surface area contributed by atoms with Gasteiger partial charge in [0, 0.05) is 33.1 Å². The van der Waals surface area contributed by atoms with Crippen LogP contribution < -0.4 is 14.8 Å². The van der Waals surface area contributed by atoms with Crippen LogP contribution in [0.3, 0.4) is 0 Å². The summed E-state index contributed by atoms with van der Waals surface area (Å²) in [5.74, 6) is -0.240. The van der Waals surface area contributed by atoms with Crippen molar-refractivity contribution in [1.82, 2.24) is 10.2 Å². The lowest BCUT2D eigenvalue weighted by Gasteiger charge is -2.35. The first kappa shape index (κ1) is 26.0. The third kappa shape index (κ3) is 7.36. The van der Waals surface area contributed by atoms with E-state index in [9.17, 15) is 18.0 Å². The number of esters is 1. The number of alkyl halides is 3. The van der Waals surface area contributed by atoms with E-state index in [4.69, 9.17) is 4.74 Å². The fourth-order valence-corrected chi connectivity index (χ4v) is 3.32. The molecule has 0 aliphatic carbocycles. The van der Waals surface area contributed by atoms with Gasteiger partial charge in [-0.1, -0.05) is 24.3 Å². The average Bonchev–Trinajstić information content (AvgIpc) is 2.63. The standard InChI is InChI=1S/C20H21F3N2O3.2ClH/c1-14(26)27-18-4-2-3-16(13-18)19(25-11-9-24-10-12-25)15-5-7-17(8-6-15)28-20(21,22)23;;/h2-8,13,19,24H,9-12H2,1H3;2*1H/t19-;;/m1../s1. The van der Waals surface area contributed by atoms with Crippen LogP contribution in [0.1, 0.15) is 24.1 Å². The van der Waals surface area contributed by atoms with Gasteiger partial charge < -0.3 is 14.8 Å². The van der Waals surface area contributed by atoms with Crippen LogP contribution in [0.5, 0.6) is 11.5 Å². The number of hydrogen-bond donors (Lipinski definition) is 1. The lowest BCUT2D eigenvalue weighted by atomic mass is 9.96. The van der Waals surface area contributed by atoms with Crippen LogP contribution in [-0.2, 0) is 4.79 Å². The Labute approximate surface area is 185 Å². The topological polar surface area (TPSA) is 50.8 Å². The van der Waals surface area contributed by atoms with Gasteiger partial charge in [0.15, 0.2) is 0 Å². The summed E-state index contributed by atoms with van der Waals surface area (Å²) in [7, 11) is 0. The first-order chi connectivity index (χ1) is 13.3. The molecule has 166 valence electrons. The molecule has 1 N–H and O–H groups in total. The molecule has 0 bridgehead atoms. The zero-order chi connectivity index (χ0) is 20.1. The van der Waals surface area contributed by atoms with E-state index < -0.39 is 12.3 Å². The summed E-state index contributed by atoms with van der Waals surface area (Å²) < 4.78 is 46.4. The van der Waals surface area contributed by atoms with Gasteiger partial charge in [-0.2, -0.15) is 0 Å². The molecular weight excluding hydrogens is 444 g/mol. The molecule has 0 spiro atoms. The van der Waals surface area contributed by atoms with Crippen molar-refractivity contribution in [3.8, 4) is 11.5 Å². The Kier molecular flexibility index (Phi) is 9.90. The lowest BCUT2D eigenvalue weighted by Crippen LogP contribution is -2.45. The van der Waals surface area contributed by atoms with Gasteiger partial charge in [-0.3, -0.25) is 9.69 Å². The first-order valence-electron chi connectivity index (χ1n) is 8.91. The van der Waals surface area contributed by atoms with Crippen LogP contribution in [-0.4, -0.2) is 43.4 Å². The summed E-state index contributed by atoms with van der Waals surface area (Å²) in [6, 6.07) is 12.9. The van der Waals surface area contributed by atoms with Gasteiger partial charge in [0.1, 0.15) is 11.5 Å². The second-order valence-corrected chi connectivity index (χ2v) is 6.47. The van der Waals surface area contributed by atoms with Gasteiger partial charge in [0.2, 0.25) is 0 Å². The van der Waals surface area contributed by atoms with Crippen molar-refractivity contribution in [2.75, 3.05) is 26.2 Å². The number of nitrogens with zero attached hydrogens (tertiary/aromatic N) is 1. The van der Waals surface area contributed by atoms with Crippen molar-refractivity contribution < 1.29 is 27.4 Å². The number of hydrogen-bond acceptors (Lipinski definition) is 5. The van der Waals surface area contributed by atoms with E-state index in [-0.39, 0.29) is 36.6 Å². The number of ether oxygens (including phenoxy) is 2. The average molecular weight is 467 g/mol. The molecule has 1 fully saturated rings. The molecule has 2 aromatic carbocycles. The van der Waals surface area contributed by atoms with Crippen molar-refractivity contribution in [2.24, 2.45) is 0 Å². The fourth-order valence-electron chi connectivity index (χ4n) is 3.32. The van der Waals surface area contributed by atoms with Crippen LogP contribution in [0.2, 0.25) is 0 Å². The largest absolute Gasteiger partial charge is 0.573 e. The van der Waals surface area contributed by atoms with E-state index in [0.717, 1.165) is 37.3 Å². The zero-order valence-corrected chi connectivity index (χ0v) is 17.8. The van der Waals surface area contributed by atoms with Crippen molar-refractivity contribution >= 4 is 30.8 Å². The third-order valence-corrected chi connectivity index (χ3v) is 4.38. The van der Waals surface area contributed by atoms with Gasteiger partial charge in [-0.15, -0.1) is 38.0 Å². The summed E-state index contributed by atoms with van der Waals surface area (Å²) in [6.07, 6.45) is -4.72. The molecule has 1 atom stereocenters. The molecule has 1 heterocycles. The minimum absolute atomic E-state index is 0. The Balaban J connectivity index is 0.00000225. The number of piperazine rings is 1. The smallest absolute Gasteiger partial charge is 0.427 e. The quantitative estimate of drug-likeness (QED) is 0.524. The number of halogens is 5. The molecule has 0 aromatic heterocycles. The highest BCUT2D eigenvalue weighted by molar-refractivity contribution is 5.85. The Morgan fingerprint density at radius 3 is 2.20 bits per heavy atom. The Morgan fingerprint density at radius 2 is 1.63 bits per heavy atom. The summed E-state index contributed by atoms with van der Waals surface area (Å²) in [6.45, 7) is 4.52. The molecule has 30 heavy (non-hydrogen) atoms. The summed E-state index contributed by atoms with van der Waals surface area (Å²) in [5, 5.41) is 3.29. The first-order valence-corrected chi connectivity index (χ1v) is 8.91. The summed E-state index contributed by atoms with van der Waals surface area (Å²) in [5.41, 5.74) is 1.72. The SMILES string of the molecule is CC(=O)Oc1cccc([C@@H](c2ccc(OC(F)(F)F)cc2)N2CCNCC2)c1.Cl.Cl. The van der Waals surface area contributed by atoms with E-state index >= 15 is 0 Å². The molecule has 10 heteroatoms. The van der Waals surface area contributed by atoms with Gasteiger partial charge in [-0.25, -0.2) is 0 Å². The van der Waals surface area contributed by atoms with Crippen LogP contribution in [0.15, 0.2) is 48.5 Å². The van der Waals surface area contributed by atoms with Crippen molar-refractivity contribution in [2.45, 2.75) is 19.3 Å². The maximum Gasteiger partial charge on any atom is 0.573 e. The molecule has 0 amide bonds. The van der Waals surface area contributed by atoms with Crippen LogP contribution in [0.25, 0.3) is 0 Å². The molecule has 2 aromatic rings. The van der Waals surface area contributed by atoms with E-state index in [1.807, 2.05) is 6.07 Å². The summed E-state index contributed by atoms with van der Waals surface area (Å²) in [4.78, 5) is 13.5. The van der Waals surface area contributed by atoms with Crippen LogP contribution in [0.4, 0.5) is 13.2 Å². The monoisotopic (exact) mass is 466 g/mol. The van der Waals surface area contributed by atoms with E-state index in [1.54, 1.807) is 30.3 Å². The van der Waals surface area contributed by atoms with Gasteiger partial charge in [0.05, 0.1) is 6.04 Å². The van der Waals surface area contributed by atoms with E-state index in [0.29, 0.717) is 5.75 Å². The van der Waals surface area contributed by atoms with E-state index in [2.05, 4.69) is 15.0 Å². The summed E-state index contributed by atoms with van der Waals surface area (Å²) >= 11 is 0. The molecule has 1 saturated heterocycles. The normalized spacial score (nSPS) is 15.3. The van der Waals surface area contributed by atoms with Gasteiger partial charge >= 0.3 is 12.3 Å². The Hall–Kier alpha value is -2.00. The number of nitrogens with one attached hydrogen (secondary N) is 1. The number of carbonyl (C=O) groups excluding carboxylic acids is 1. The molecule has 0 radical (unpaired) electrons. The lowest BCUT2D eigenvalue weighted by molar-refractivity contribution is -0.274. The number of rotatable bonds is 5. The number of benzene rings is 2. The molecule has 1 aliphatic rings. The Morgan fingerprint density at radius 1 is 1.00 bits per heavy atom. The number of carbonyl (C=O) groups is 1. The highest BCUT2D eigenvalue weighted by atomic mass is 35.5. The highest BCUT2D eigenvalue weighted by Gasteiger charge is 2.31. The van der Waals surface area contributed by atoms with Crippen LogP contribution in [0, 0.1) is 0 Å². The second kappa shape index (κ2) is 11.4. The maximum atomic E-state index is 12.4. The molecule has 5 nitrogen and oxygen atoms in total. The third-order valence-electron chi connectivity index (χ3n) is 4.38. The van der Waals surface area contributed by atoms with E-state index in [1.165, 1.54) is 19.1 Å². The minimum Gasteiger partial charge on any atom is -0.427 e. The predicted octanol–water partition coefficient (Wildman–Crippen LogP) is 4.35. The maximum absolute atomic E-state index is 12.4. The van der Waals surface area contributed by atoms with Crippen molar-refractivity contribution in [3.05, 3.63) is 59.7 Å². The second-order valence-electron chi connectivity index (χ2n) is 6.47. The molecular formula is C20H23Cl2F3N2O3. The molecule has 3 rings (SSSR count). The predicted molar refractivity (Wildman–Crippen MR) is 112 cm³/mol. The minimum atomic E-state index is -4.72. The fraction of sp³-hybridized carbons (Fsp3) is 0.350. The highest BCUT2D eigenvalue weighted by Crippen LogP contribution is 2.33. The Bertz CT molecular complexity index is 814. The zero-order valence-electron chi connectivity index (χ0n) is 16.1. The van der Waals surface area contributed by atoms with Crippen molar-refractivity contribution in [1.29, 1.82) is 0 Å². The van der Waals surface area contributed by atoms with Crippen LogP contribution >= 0.6 is 24.8 Å². The molecule has 0 unspecified atom stereocenters. The molecule has 1 aliphatic heterocycles. The van der Waals surface area contributed by atoms with Gasteiger partial charge in [0.25, 0.3) is 0 Å².